The van der Waals surface area contributed by atoms with Crippen LogP contribution in [-0.2, 0) is 11.2 Å². The van der Waals surface area contributed by atoms with Crippen LogP contribution in [0, 0.1) is 0 Å². The highest BCUT2D eigenvalue weighted by molar-refractivity contribution is 5.93. The van der Waals surface area contributed by atoms with E-state index in [4.69, 9.17) is 4.74 Å². The lowest BCUT2D eigenvalue weighted by molar-refractivity contribution is -0.118. The lowest BCUT2D eigenvalue weighted by Crippen LogP contribution is -2.20. The second kappa shape index (κ2) is 9.64. The van der Waals surface area contributed by atoms with Gasteiger partial charge in [-0.1, -0.05) is 45.0 Å². The maximum atomic E-state index is 12.4. The van der Waals surface area contributed by atoms with Crippen LogP contribution >= 0.6 is 0 Å². The fraction of sp³-hybridized carbons (Fsp3) is 0.269. The van der Waals surface area contributed by atoms with Crippen molar-refractivity contribution in [2.75, 3.05) is 11.9 Å². The van der Waals surface area contributed by atoms with E-state index in [1.165, 1.54) is 11.1 Å². The van der Waals surface area contributed by atoms with Gasteiger partial charge in [0.1, 0.15) is 16.8 Å². The van der Waals surface area contributed by atoms with Crippen LogP contribution in [0.25, 0.3) is 16.7 Å². The average molecular weight is 429 g/mol. The average Bonchev–Trinajstić information content (AvgIpc) is 3.26. The molecule has 4 rings (SSSR count). The van der Waals surface area contributed by atoms with Gasteiger partial charge < -0.3 is 10.1 Å². The molecule has 6 heteroatoms. The molecule has 0 saturated carbocycles. The predicted octanol–water partition coefficient (Wildman–Crippen LogP) is 5.51. The lowest BCUT2D eigenvalue weighted by Gasteiger charge is -2.11. The minimum Gasteiger partial charge on any atom is -0.484 e. The van der Waals surface area contributed by atoms with E-state index in [1.807, 2.05) is 42.5 Å². The Morgan fingerprint density at radius 3 is 2.38 bits per heavy atom. The largest absolute Gasteiger partial charge is 0.484 e. The highest BCUT2D eigenvalue weighted by Crippen LogP contribution is 2.22. The number of carbonyl (C=O) groups excluding carboxylic acids is 1. The first kappa shape index (κ1) is 21.6. The van der Waals surface area contributed by atoms with Gasteiger partial charge >= 0.3 is 0 Å². The van der Waals surface area contributed by atoms with Crippen LogP contribution < -0.4 is 10.1 Å². The van der Waals surface area contributed by atoms with E-state index >= 15 is 0 Å². The fourth-order valence-corrected chi connectivity index (χ4v) is 3.45. The zero-order chi connectivity index (χ0) is 22.5. The second-order valence-electron chi connectivity index (χ2n) is 7.93. The van der Waals surface area contributed by atoms with Crippen molar-refractivity contribution in [2.45, 2.75) is 39.5 Å². The first-order valence-electron chi connectivity index (χ1n) is 11.0. The Kier molecular flexibility index (Phi) is 6.50. The Bertz CT molecular complexity index is 1200. The third kappa shape index (κ3) is 4.97. The molecule has 0 aliphatic rings. The number of ether oxygens (including phenoxy) is 1. The third-order valence-corrected chi connectivity index (χ3v) is 5.67. The molecule has 0 aliphatic heterocycles. The number of nitrogens with zero attached hydrogens (tertiary/aromatic N) is 3. The summed E-state index contributed by atoms with van der Waals surface area (Å²) in [5.41, 5.74) is 5.57. The molecule has 1 amide bonds. The summed E-state index contributed by atoms with van der Waals surface area (Å²) in [6.45, 7) is 6.43. The number of amides is 1. The maximum absolute atomic E-state index is 12.4. The van der Waals surface area contributed by atoms with Crippen LogP contribution in [0.1, 0.15) is 44.2 Å². The van der Waals surface area contributed by atoms with Gasteiger partial charge in [0, 0.05) is 5.69 Å². The van der Waals surface area contributed by atoms with Gasteiger partial charge in [0.15, 0.2) is 6.61 Å². The van der Waals surface area contributed by atoms with Gasteiger partial charge in [0.2, 0.25) is 0 Å². The van der Waals surface area contributed by atoms with Gasteiger partial charge in [0.25, 0.3) is 5.91 Å². The molecule has 4 aromatic rings. The highest BCUT2D eigenvalue weighted by atomic mass is 16.5. The van der Waals surface area contributed by atoms with Crippen molar-refractivity contribution in [3.05, 3.63) is 77.9 Å². The van der Waals surface area contributed by atoms with Gasteiger partial charge in [-0.25, -0.2) is 0 Å². The third-order valence-electron chi connectivity index (χ3n) is 5.67. The summed E-state index contributed by atoms with van der Waals surface area (Å²) in [6.07, 6.45) is 2.08. The SMILES string of the molecule is CCc1ccc(-n2nc3ccc(NC(=O)COc4ccc(C(C)CC)cc4)cc3n2)cc1. The van der Waals surface area contributed by atoms with Gasteiger partial charge in [-0.2, -0.15) is 4.80 Å². The first-order chi connectivity index (χ1) is 15.6. The smallest absolute Gasteiger partial charge is 0.262 e. The summed E-state index contributed by atoms with van der Waals surface area (Å²) >= 11 is 0. The van der Waals surface area contributed by atoms with Crippen LogP contribution in [0.2, 0.25) is 0 Å². The van der Waals surface area contributed by atoms with Crippen LogP contribution in [0.3, 0.4) is 0 Å². The van der Waals surface area contributed by atoms with Crippen LogP contribution in [0.5, 0.6) is 5.75 Å². The van der Waals surface area contributed by atoms with Crippen molar-refractivity contribution in [3.8, 4) is 11.4 Å². The molecule has 0 saturated heterocycles. The minimum absolute atomic E-state index is 0.0584. The van der Waals surface area contributed by atoms with Crippen LogP contribution in [0.4, 0.5) is 5.69 Å². The molecule has 164 valence electrons. The Morgan fingerprint density at radius 1 is 0.969 bits per heavy atom. The molecule has 0 radical (unpaired) electrons. The molecule has 32 heavy (non-hydrogen) atoms. The molecular weight excluding hydrogens is 400 g/mol. The first-order valence-corrected chi connectivity index (χ1v) is 11.0. The number of nitrogens with one attached hydrogen (secondary N) is 1. The molecule has 1 unspecified atom stereocenters. The topological polar surface area (TPSA) is 69.0 Å². The number of rotatable bonds is 8. The van der Waals surface area contributed by atoms with Crippen LogP contribution in [-0.4, -0.2) is 27.5 Å². The zero-order valence-corrected chi connectivity index (χ0v) is 18.7. The summed E-state index contributed by atoms with van der Waals surface area (Å²) in [7, 11) is 0. The number of anilines is 1. The Balaban J connectivity index is 1.38. The van der Waals surface area contributed by atoms with E-state index in [0.29, 0.717) is 22.9 Å². The Morgan fingerprint density at radius 2 is 1.69 bits per heavy atom. The van der Waals surface area contributed by atoms with Crippen molar-refractivity contribution in [1.82, 2.24) is 15.0 Å². The van der Waals surface area contributed by atoms with E-state index in [2.05, 4.69) is 60.6 Å². The Hall–Kier alpha value is -3.67. The van der Waals surface area contributed by atoms with Crippen molar-refractivity contribution in [2.24, 2.45) is 0 Å². The standard InChI is InChI=1S/C26H28N4O2/c1-4-18(3)20-8-13-23(14-9-20)32-17-26(31)27-21-10-15-24-25(16-21)29-30(28-24)22-11-6-19(5-2)7-12-22/h6-16,18H,4-5,17H2,1-3H3,(H,27,31). The maximum Gasteiger partial charge on any atom is 0.262 e. The summed E-state index contributed by atoms with van der Waals surface area (Å²) in [6, 6.07) is 21.6. The highest BCUT2D eigenvalue weighted by Gasteiger charge is 2.09. The summed E-state index contributed by atoms with van der Waals surface area (Å²) in [4.78, 5) is 14.0. The summed E-state index contributed by atoms with van der Waals surface area (Å²) in [5, 5.41) is 11.9. The molecule has 3 aromatic carbocycles. The van der Waals surface area contributed by atoms with Crippen molar-refractivity contribution in [3.63, 3.8) is 0 Å². The Labute approximate surface area is 188 Å². The number of carbonyl (C=O) groups is 1. The predicted molar refractivity (Wildman–Crippen MR) is 128 cm³/mol. The van der Waals surface area contributed by atoms with Gasteiger partial charge in [-0.15, -0.1) is 10.2 Å². The van der Waals surface area contributed by atoms with Crippen molar-refractivity contribution < 1.29 is 9.53 Å². The van der Waals surface area contributed by atoms with E-state index in [9.17, 15) is 4.79 Å². The van der Waals surface area contributed by atoms with E-state index in [-0.39, 0.29) is 12.5 Å². The number of fused-ring (bicyclic) bond motifs is 1. The van der Waals surface area contributed by atoms with Crippen molar-refractivity contribution in [1.29, 1.82) is 0 Å². The fourth-order valence-electron chi connectivity index (χ4n) is 3.45. The molecule has 0 bridgehead atoms. The number of aromatic nitrogens is 3. The monoisotopic (exact) mass is 428 g/mol. The molecule has 0 aliphatic carbocycles. The molecule has 1 aromatic heterocycles. The zero-order valence-electron chi connectivity index (χ0n) is 18.7. The minimum atomic E-state index is -0.224. The van der Waals surface area contributed by atoms with E-state index in [1.54, 1.807) is 4.80 Å². The van der Waals surface area contributed by atoms with E-state index < -0.39 is 0 Å². The number of benzene rings is 3. The van der Waals surface area contributed by atoms with Gasteiger partial charge in [-0.05, 0) is 72.4 Å². The normalized spacial score (nSPS) is 12.0. The number of hydrogen-bond donors (Lipinski definition) is 1. The molecule has 1 atom stereocenters. The molecule has 0 fully saturated rings. The molecule has 1 heterocycles. The molecule has 6 nitrogen and oxygen atoms in total. The van der Waals surface area contributed by atoms with Crippen LogP contribution in [0.15, 0.2) is 66.7 Å². The molecular formula is C26H28N4O2. The van der Waals surface area contributed by atoms with E-state index in [0.717, 1.165) is 24.0 Å². The number of hydrogen-bond acceptors (Lipinski definition) is 4. The second-order valence-corrected chi connectivity index (χ2v) is 7.93. The number of aryl methyl sites for hydroxylation is 1. The summed E-state index contributed by atoms with van der Waals surface area (Å²) in [5.74, 6) is 0.966. The van der Waals surface area contributed by atoms with Crippen molar-refractivity contribution >= 4 is 22.6 Å². The molecule has 1 N–H and O–H groups in total. The quantitative estimate of drug-likeness (QED) is 0.402. The van der Waals surface area contributed by atoms with Gasteiger partial charge in [-0.3, -0.25) is 4.79 Å². The lowest BCUT2D eigenvalue weighted by atomic mass is 9.99. The summed E-state index contributed by atoms with van der Waals surface area (Å²) < 4.78 is 5.63. The molecule has 0 spiro atoms. The van der Waals surface area contributed by atoms with Gasteiger partial charge in [0.05, 0.1) is 5.69 Å².